The molecule has 114 valence electrons. The largest absolute Gasteiger partial charge is 0.298 e. The van der Waals surface area contributed by atoms with Crippen molar-refractivity contribution in [1.82, 2.24) is 4.90 Å². The summed E-state index contributed by atoms with van der Waals surface area (Å²) in [5.74, 6) is 0.328. The normalized spacial score (nSPS) is 28.6. The molecule has 0 aliphatic carbocycles. The van der Waals surface area contributed by atoms with E-state index < -0.39 is 10.0 Å². The molecule has 3 aliphatic heterocycles. The smallest absolute Gasteiger partial charge is 0.232 e. The number of carbonyl (C=O) groups is 1. The first kappa shape index (κ1) is 14.5. The molecular weight excluding hydrogens is 288 g/mol. The molecule has 2 bridgehead atoms. The molecule has 0 aromatic heterocycles. The molecule has 3 fully saturated rings. The summed E-state index contributed by atoms with van der Waals surface area (Å²) in [6, 6.07) is 8.70. The highest BCUT2D eigenvalue weighted by molar-refractivity contribution is 7.92. The van der Waals surface area contributed by atoms with Crippen molar-refractivity contribution in [3.05, 3.63) is 30.3 Å². The van der Waals surface area contributed by atoms with Crippen LogP contribution in [0.25, 0.3) is 0 Å². The minimum absolute atomic E-state index is 0.122. The van der Waals surface area contributed by atoms with Crippen LogP contribution in [0.15, 0.2) is 30.3 Å². The summed E-state index contributed by atoms with van der Waals surface area (Å²) < 4.78 is 25.6. The Morgan fingerprint density at radius 2 is 1.81 bits per heavy atom. The third kappa shape index (κ3) is 2.82. The van der Waals surface area contributed by atoms with E-state index in [-0.39, 0.29) is 24.3 Å². The predicted molar refractivity (Wildman–Crippen MR) is 81.7 cm³/mol. The number of piperidine rings is 3. The van der Waals surface area contributed by atoms with Crippen molar-refractivity contribution < 1.29 is 13.2 Å². The van der Waals surface area contributed by atoms with Gasteiger partial charge in [-0.05, 0) is 38.1 Å². The highest BCUT2D eigenvalue weighted by Gasteiger charge is 2.42. The van der Waals surface area contributed by atoms with E-state index in [2.05, 4.69) is 4.90 Å². The molecule has 5 nitrogen and oxygen atoms in total. The van der Waals surface area contributed by atoms with Crippen LogP contribution in [-0.4, -0.2) is 51.0 Å². The van der Waals surface area contributed by atoms with Crippen LogP contribution >= 0.6 is 0 Å². The Bertz CT molecular complexity index is 622. The zero-order chi connectivity index (χ0) is 15.0. The second kappa shape index (κ2) is 5.42. The van der Waals surface area contributed by atoms with E-state index in [4.69, 9.17) is 0 Å². The van der Waals surface area contributed by atoms with E-state index in [9.17, 15) is 13.2 Å². The number of rotatable bonds is 4. The SMILES string of the molecule is CS(=O)(=O)N(CC1C(=O)C2CCN1CC2)c1ccccc1. The lowest BCUT2D eigenvalue weighted by Gasteiger charge is -2.45. The predicted octanol–water partition coefficient (Wildman–Crippen LogP) is 1.12. The van der Waals surface area contributed by atoms with E-state index in [1.807, 2.05) is 18.2 Å². The Morgan fingerprint density at radius 1 is 1.19 bits per heavy atom. The molecule has 1 aromatic rings. The van der Waals surface area contributed by atoms with Gasteiger partial charge >= 0.3 is 0 Å². The van der Waals surface area contributed by atoms with Crippen LogP contribution in [-0.2, 0) is 14.8 Å². The molecule has 3 heterocycles. The van der Waals surface area contributed by atoms with Gasteiger partial charge in [0.05, 0.1) is 24.5 Å². The lowest BCUT2D eigenvalue weighted by atomic mass is 9.82. The first-order valence-corrected chi connectivity index (χ1v) is 9.12. The van der Waals surface area contributed by atoms with E-state index in [1.165, 1.54) is 10.6 Å². The van der Waals surface area contributed by atoms with Crippen LogP contribution in [0.5, 0.6) is 0 Å². The Labute approximate surface area is 125 Å². The summed E-state index contributed by atoms with van der Waals surface area (Å²) in [7, 11) is -3.40. The van der Waals surface area contributed by atoms with E-state index in [0.717, 1.165) is 25.9 Å². The summed E-state index contributed by atoms with van der Waals surface area (Å²) in [6.07, 6.45) is 3.03. The van der Waals surface area contributed by atoms with Crippen molar-refractivity contribution in [3.8, 4) is 0 Å². The van der Waals surface area contributed by atoms with E-state index in [1.54, 1.807) is 12.1 Å². The number of Topliss-reactive ketones (excluding diaryl/α,β-unsaturated/α-hetero) is 1. The average molecular weight is 308 g/mol. The van der Waals surface area contributed by atoms with Gasteiger partial charge in [0, 0.05) is 5.92 Å². The lowest BCUT2D eigenvalue weighted by molar-refractivity contribution is -0.136. The Morgan fingerprint density at radius 3 is 2.33 bits per heavy atom. The van der Waals surface area contributed by atoms with Gasteiger partial charge in [0.15, 0.2) is 5.78 Å². The molecule has 0 N–H and O–H groups in total. The van der Waals surface area contributed by atoms with Gasteiger partial charge in [0.1, 0.15) is 0 Å². The Kier molecular flexibility index (Phi) is 3.75. The zero-order valence-electron chi connectivity index (χ0n) is 12.1. The van der Waals surface area contributed by atoms with Gasteiger partial charge in [-0.15, -0.1) is 0 Å². The molecular formula is C15H20N2O3S. The molecule has 21 heavy (non-hydrogen) atoms. The van der Waals surface area contributed by atoms with Gasteiger partial charge in [-0.2, -0.15) is 0 Å². The number of ketones is 1. The van der Waals surface area contributed by atoms with Crippen LogP contribution in [0.1, 0.15) is 12.8 Å². The number of nitrogens with zero attached hydrogens (tertiary/aromatic N) is 2. The Hall–Kier alpha value is -1.40. The van der Waals surface area contributed by atoms with Gasteiger partial charge in [-0.1, -0.05) is 18.2 Å². The number of benzene rings is 1. The van der Waals surface area contributed by atoms with E-state index in [0.29, 0.717) is 5.69 Å². The molecule has 6 heteroatoms. The van der Waals surface area contributed by atoms with Crippen molar-refractivity contribution in [3.63, 3.8) is 0 Å². The third-order valence-corrected chi connectivity index (χ3v) is 5.64. The summed E-state index contributed by atoms with van der Waals surface area (Å²) >= 11 is 0. The number of hydrogen-bond donors (Lipinski definition) is 0. The molecule has 0 radical (unpaired) electrons. The minimum atomic E-state index is -3.40. The van der Waals surface area contributed by atoms with Gasteiger partial charge in [-0.3, -0.25) is 14.0 Å². The standard InChI is InChI=1S/C15H20N2O3S/c1-21(19,20)17(13-5-3-2-4-6-13)11-14-15(18)12-7-9-16(14)10-8-12/h2-6,12,14H,7-11H2,1H3. The Balaban J connectivity index is 1.88. The number of fused-ring (bicyclic) bond motifs is 3. The van der Waals surface area contributed by atoms with Crippen molar-refractivity contribution in [2.24, 2.45) is 5.92 Å². The van der Waals surface area contributed by atoms with Crippen molar-refractivity contribution >= 4 is 21.5 Å². The number of hydrogen-bond acceptors (Lipinski definition) is 4. The maximum atomic E-state index is 12.4. The average Bonchev–Trinajstić information content (AvgIpc) is 2.47. The molecule has 0 saturated carbocycles. The van der Waals surface area contributed by atoms with Crippen LogP contribution in [0.3, 0.4) is 0 Å². The molecule has 1 aromatic carbocycles. The van der Waals surface area contributed by atoms with Crippen LogP contribution in [0.2, 0.25) is 0 Å². The molecule has 1 atom stereocenters. The topological polar surface area (TPSA) is 57.7 Å². The first-order valence-electron chi connectivity index (χ1n) is 7.27. The molecule has 3 saturated heterocycles. The van der Waals surface area contributed by atoms with Gasteiger partial charge in [0.2, 0.25) is 10.0 Å². The summed E-state index contributed by atoms with van der Waals surface area (Å²) in [4.78, 5) is 14.5. The summed E-state index contributed by atoms with van der Waals surface area (Å²) in [5.41, 5.74) is 0.621. The van der Waals surface area contributed by atoms with Crippen molar-refractivity contribution in [1.29, 1.82) is 0 Å². The molecule has 0 amide bonds. The third-order valence-electron chi connectivity index (χ3n) is 4.48. The number of carbonyl (C=O) groups excluding carboxylic acids is 1. The number of anilines is 1. The van der Waals surface area contributed by atoms with Crippen LogP contribution in [0.4, 0.5) is 5.69 Å². The van der Waals surface area contributed by atoms with Gasteiger partial charge in [0.25, 0.3) is 0 Å². The quantitative estimate of drug-likeness (QED) is 0.836. The fraction of sp³-hybridized carbons (Fsp3) is 0.533. The van der Waals surface area contributed by atoms with Crippen LogP contribution in [0, 0.1) is 5.92 Å². The fourth-order valence-electron chi connectivity index (χ4n) is 3.34. The summed E-state index contributed by atoms with van der Waals surface area (Å²) in [6.45, 7) is 2.01. The van der Waals surface area contributed by atoms with Gasteiger partial charge in [-0.25, -0.2) is 8.42 Å². The maximum Gasteiger partial charge on any atom is 0.232 e. The molecule has 1 unspecified atom stereocenters. The second-order valence-electron chi connectivity index (χ2n) is 5.86. The maximum absolute atomic E-state index is 12.4. The van der Waals surface area contributed by atoms with Crippen molar-refractivity contribution in [2.75, 3.05) is 30.2 Å². The van der Waals surface area contributed by atoms with Crippen molar-refractivity contribution in [2.45, 2.75) is 18.9 Å². The summed E-state index contributed by atoms with van der Waals surface area (Å²) in [5, 5.41) is 0. The number of para-hydroxylation sites is 1. The zero-order valence-corrected chi connectivity index (χ0v) is 12.9. The fourth-order valence-corrected chi connectivity index (χ4v) is 4.25. The first-order chi connectivity index (χ1) is 9.97. The van der Waals surface area contributed by atoms with E-state index >= 15 is 0 Å². The second-order valence-corrected chi connectivity index (χ2v) is 7.76. The molecule has 0 spiro atoms. The molecule has 3 aliphatic rings. The highest BCUT2D eigenvalue weighted by Crippen LogP contribution is 2.30. The molecule has 4 rings (SSSR count). The van der Waals surface area contributed by atoms with Gasteiger partial charge < -0.3 is 0 Å². The monoisotopic (exact) mass is 308 g/mol. The minimum Gasteiger partial charge on any atom is -0.298 e. The van der Waals surface area contributed by atoms with Crippen LogP contribution < -0.4 is 4.31 Å². The highest BCUT2D eigenvalue weighted by atomic mass is 32.2. The number of sulfonamides is 1. The lowest BCUT2D eigenvalue weighted by Crippen LogP contribution is -2.59.